The van der Waals surface area contributed by atoms with E-state index in [9.17, 15) is 0 Å². The minimum Gasteiger partial charge on any atom is -0.464 e. The third kappa shape index (κ3) is 0.855. The van der Waals surface area contributed by atoms with Crippen molar-refractivity contribution >= 4 is 17.0 Å². The first-order valence-corrected chi connectivity index (χ1v) is 4.12. The van der Waals surface area contributed by atoms with E-state index in [2.05, 4.69) is 0 Å². The van der Waals surface area contributed by atoms with E-state index in [1.165, 1.54) is 0 Å². The van der Waals surface area contributed by atoms with Gasteiger partial charge in [0.2, 0.25) is 0 Å². The molecule has 0 saturated carbocycles. The van der Waals surface area contributed by atoms with Crippen LogP contribution < -0.4 is 4.74 Å². The van der Waals surface area contributed by atoms with Crippen molar-refractivity contribution in [1.82, 2.24) is 0 Å². The Morgan fingerprint density at radius 3 is 3.15 bits per heavy atom. The average molecular weight is 171 g/mol. The molecule has 0 fully saturated rings. The van der Waals surface area contributed by atoms with Crippen LogP contribution in [0.4, 0.5) is 0 Å². The van der Waals surface area contributed by atoms with Gasteiger partial charge in [0.05, 0.1) is 6.26 Å². The van der Waals surface area contributed by atoms with Crippen LogP contribution in [0.2, 0.25) is 0 Å². The molecule has 0 atom stereocenters. The molecule has 1 aromatic carbocycles. The lowest BCUT2D eigenvalue weighted by atomic mass is 10.1. The predicted molar refractivity (Wildman–Crippen MR) is 50.3 cm³/mol. The molecule has 0 unspecified atom stereocenters. The first-order valence-electron chi connectivity index (χ1n) is 4.12. The van der Waals surface area contributed by atoms with E-state index < -0.39 is 0 Å². The van der Waals surface area contributed by atoms with Gasteiger partial charge in [-0.05, 0) is 18.2 Å². The van der Waals surface area contributed by atoms with Crippen LogP contribution in [0.3, 0.4) is 0 Å². The highest BCUT2D eigenvalue weighted by molar-refractivity contribution is 5.92. The van der Waals surface area contributed by atoms with Crippen molar-refractivity contribution in [1.29, 1.82) is 0 Å². The lowest BCUT2D eigenvalue weighted by molar-refractivity contribution is 0.486. The van der Waals surface area contributed by atoms with Gasteiger partial charge >= 0.3 is 11.8 Å². The topological polar surface area (TPSA) is 20.5 Å². The van der Waals surface area contributed by atoms with Crippen molar-refractivity contribution in [2.45, 2.75) is 0 Å². The van der Waals surface area contributed by atoms with E-state index in [1.807, 2.05) is 30.3 Å². The summed E-state index contributed by atoms with van der Waals surface area (Å²) in [5.74, 6) is 0.861. The van der Waals surface area contributed by atoms with Crippen molar-refractivity contribution in [3.63, 3.8) is 0 Å². The van der Waals surface area contributed by atoms with E-state index in [0.717, 1.165) is 22.3 Å². The number of rotatable bonds is 0. The molecule has 3 rings (SSSR count). The highest BCUT2D eigenvalue weighted by Crippen LogP contribution is 2.32. The molecule has 0 spiro atoms. The SMILES string of the molecule is C1=Cc2cc[o+]c3cccc(c23)O1. The Morgan fingerprint density at radius 1 is 1.15 bits per heavy atom. The van der Waals surface area contributed by atoms with Gasteiger partial charge in [-0.15, -0.1) is 0 Å². The summed E-state index contributed by atoms with van der Waals surface area (Å²) in [5, 5.41) is 1.05. The molecule has 2 aromatic rings. The fourth-order valence-electron chi connectivity index (χ4n) is 1.58. The second kappa shape index (κ2) is 2.33. The van der Waals surface area contributed by atoms with Gasteiger partial charge in [-0.2, -0.15) is 0 Å². The second-order valence-electron chi connectivity index (χ2n) is 2.93. The average Bonchev–Trinajstić information content (AvgIpc) is 2.19. The van der Waals surface area contributed by atoms with Crippen molar-refractivity contribution < 1.29 is 9.15 Å². The summed E-state index contributed by atoms with van der Waals surface area (Å²) in [5.41, 5.74) is 2.00. The third-order valence-corrected chi connectivity index (χ3v) is 2.16. The lowest BCUT2D eigenvalue weighted by Crippen LogP contribution is -1.91. The van der Waals surface area contributed by atoms with E-state index >= 15 is 0 Å². The van der Waals surface area contributed by atoms with Crippen molar-refractivity contribution in [3.8, 4) is 5.75 Å². The molecule has 2 heteroatoms. The Morgan fingerprint density at radius 2 is 2.15 bits per heavy atom. The summed E-state index contributed by atoms with van der Waals surface area (Å²) >= 11 is 0. The monoisotopic (exact) mass is 171 g/mol. The molecule has 2 nitrogen and oxygen atoms in total. The van der Waals surface area contributed by atoms with Crippen LogP contribution in [-0.2, 0) is 0 Å². The highest BCUT2D eigenvalue weighted by atomic mass is 16.5. The smallest absolute Gasteiger partial charge is 0.364 e. The first kappa shape index (κ1) is 6.66. The molecule has 13 heavy (non-hydrogen) atoms. The zero-order valence-corrected chi connectivity index (χ0v) is 6.86. The molecule has 0 aliphatic carbocycles. The summed E-state index contributed by atoms with van der Waals surface area (Å²) < 4.78 is 10.7. The van der Waals surface area contributed by atoms with Gasteiger partial charge in [0.15, 0.2) is 0 Å². The molecule has 0 radical (unpaired) electrons. The maximum absolute atomic E-state index is 5.35. The molecule has 0 N–H and O–H groups in total. The third-order valence-electron chi connectivity index (χ3n) is 2.16. The van der Waals surface area contributed by atoms with Gasteiger partial charge in [0.25, 0.3) is 0 Å². The van der Waals surface area contributed by atoms with Crippen molar-refractivity contribution in [3.05, 3.63) is 42.4 Å². The van der Waals surface area contributed by atoms with Crippen LogP contribution in [-0.4, -0.2) is 0 Å². The summed E-state index contributed by atoms with van der Waals surface area (Å²) in [7, 11) is 0. The Labute approximate surface area is 75.1 Å². The lowest BCUT2D eigenvalue weighted by Gasteiger charge is -2.07. The molecule has 1 aliphatic rings. The minimum atomic E-state index is 0.861. The normalized spacial score (nSPS) is 12.9. The Kier molecular flexibility index (Phi) is 1.19. The molecular formula is C11H7O2+. The van der Waals surface area contributed by atoms with E-state index in [4.69, 9.17) is 9.15 Å². The quantitative estimate of drug-likeness (QED) is 0.568. The van der Waals surface area contributed by atoms with Gasteiger partial charge in [-0.3, -0.25) is 0 Å². The molecular weight excluding hydrogens is 164 g/mol. The molecule has 1 aliphatic heterocycles. The largest absolute Gasteiger partial charge is 0.464 e. The number of hydrogen-bond donors (Lipinski definition) is 0. The van der Waals surface area contributed by atoms with E-state index in [1.54, 1.807) is 12.5 Å². The van der Waals surface area contributed by atoms with Crippen LogP contribution >= 0.6 is 0 Å². The molecule has 62 valence electrons. The van der Waals surface area contributed by atoms with E-state index in [0.29, 0.717) is 0 Å². The number of benzene rings is 1. The molecule has 0 saturated heterocycles. The van der Waals surface area contributed by atoms with Gasteiger partial charge < -0.3 is 4.74 Å². The van der Waals surface area contributed by atoms with Crippen molar-refractivity contribution in [2.24, 2.45) is 0 Å². The minimum absolute atomic E-state index is 0.861. The van der Waals surface area contributed by atoms with Gasteiger partial charge in [0, 0.05) is 17.7 Å². The van der Waals surface area contributed by atoms with E-state index in [-0.39, 0.29) is 0 Å². The van der Waals surface area contributed by atoms with Crippen LogP contribution in [0.1, 0.15) is 5.56 Å². The standard InChI is InChI=1S/C11H7O2/c1-2-9-11-8(4-6-12-9)5-7-13-10(11)3-1/h1-7H/q+1. The summed E-state index contributed by atoms with van der Waals surface area (Å²) in [6.45, 7) is 0. The zero-order chi connectivity index (χ0) is 8.67. The predicted octanol–water partition coefficient (Wildman–Crippen LogP) is 3.08. The summed E-state index contributed by atoms with van der Waals surface area (Å²) in [6, 6.07) is 7.73. The van der Waals surface area contributed by atoms with Crippen LogP contribution in [0.25, 0.3) is 17.0 Å². The molecule has 0 bridgehead atoms. The summed E-state index contributed by atoms with van der Waals surface area (Å²) in [4.78, 5) is 0. The Balaban J connectivity index is 2.56. The highest BCUT2D eigenvalue weighted by Gasteiger charge is 2.16. The molecule has 2 heterocycles. The maximum atomic E-state index is 5.35. The number of ether oxygens (including phenoxy) is 1. The zero-order valence-electron chi connectivity index (χ0n) is 6.86. The van der Waals surface area contributed by atoms with Gasteiger partial charge in [0.1, 0.15) is 11.1 Å². The number of hydrogen-bond acceptors (Lipinski definition) is 1. The summed E-state index contributed by atoms with van der Waals surface area (Å²) in [6.07, 6.45) is 5.32. The van der Waals surface area contributed by atoms with Crippen LogP contribution in [0, 0.1) is 0 Å². The Bertz CT molecular complexity index is 495. The van der Waals surface area contributed by atoms with Gasteiger partial charge in [-0.25, -0.2) is 4.42 Å². The Hall–Kier alpha value is -1.83. The second-order valence-corrected chi connectivity index (χ2v) is 2.93. The first-order chi connectivity index (χ1) is 6.45. The fraction of sp³-hybridized carbons (Fsp3) is 0. The van der Waals surface area contributed by atoms with Crippen LogP contribution in [0.5, 0.6) is 5.75 Å². The fourth-order valence-corrected chi connectivity index (χ4v) is 1.58. The maximum Gasteiger partial charge on any atom is 0.364 e. The van der Waals surface area contributed by atoms with Crippen LogP contribution in [0.15, 0.2) is 41.2 Å². The molecule has 1 aromatic heterocycles. The van der Waals surface area contributed by atoms with Crippen molar-refractivity contribution in [2.75, 3.05) is 0 Å². The molecule has 0 amide bonds. The van der Waals surface area contributed by atoms with Gasteiger partial charge in [-0.1, -0.05) is 0 Å².